The van der Waals surface area contributed by atoms with Gasteiger partial charge >= 0.3 is 0 Å². The first kappa shape index (κ1) is 13.7. The highest BCUT2D eigenvalue weighted by Gasteiger charge is 2.10. The normalized spacial score (nSPS) is 16.4. The SMILES string of the molecule is CC=CC(C)CC(CC)CCC(C)C. The lowest BCUT2D eigenvalue weighted by atomic mass is 9.88. The summed E-state index contributed by atoms with van der Waals surface area (Å²) in [6.45, 7) is 11.4. The zero-order chi connectivity index (χ0) is 11.0. The van der Waals surface area contributed by atoms with Gasteiger partial charge in [-0.1, -0.05) is 59.1 Å². The van der Waals surface area contributed by atoms with Crippen LogP contribution >= 0.6 is 0 Å². The molecule has 0 radical (unpaired) electrons. The Bertz CT molecular complexity index is 144. The third kappa shape index (κ3) is 7.17. The lowest BCUT2D eigenvalue weighted by Crippen LogP contribution is -2.05. The Labute approximate surface area is 90.8 Å². The summed E-state index contributed by atoms with van der Waals surface area (Å²) in [5.74, 6) is 2.56. The quantitative estimate of drug-likeness (QED) is 0.500. The Morgan fingerprint density at radius 2 is 1.71 bits per heavy atom. The van der Waals surface area contributed by atoms with Crippen LogP contribution in [0.5, 0.6) is 0 Å². The van der Waals surface area contributed by atoms with Crippen molar-refractivity contribution in [2.45, 2.75) is 60.3 Å². The molecule has 0 aliphatic carbocycles. The van der Waals surface area contributed by atoms with Gasteiger partial charge in [0.25, 0.3) is 0 Å². The van der Waals surface area contributed by atoms with Crippen LogP contribution in [-0.2, 0) is 0 Å². The van der Waals surface area contributed by atoms with E-state index in [1.54, 1.807) is 0 Å². The lowest BCUT2D eigenvalue weighted by molar-refractivity contribution is 0.361. The van der Waals surface area contributed by atoms with Gasteiger partial charge in [0, 0.05) is 0 Å². The van der Waals surface area contributed by atoms with Crippen molar-refractivity contribution in [1.82, 2.24) is 0 Å². The van der Waals surface area contributed by atoms with Crippen LogP contribution in [-0.4, -0.2) is 0 Å². The molecule has 0 N–H and O–H groups in total. The first-order valence-corrected chi connectivity index (χ1v) is 6.22. The fraction of sp³-hybridized carbons (Fsp3) is 0.857. The Morgan fingerprint density at radius 3 is 2.14 bits per heavy atom. The molecular weight excluding hydrogens is 168 g/mol. The van der Waals surface area contributed by atoms with Gasteiger partial charge in [0.1, 0.15) is 0 Å². The van der Waals surface area contributed by atoms with Crippen LogP contribution in [0, 0.1) is 17.8 Å². The molecule has 0 amide bonds. The topological polar surface area (TPSA) is 0 Å². The van der Waals surface area contributed by atoms with E-state index in [1.807, 2.05) is 0 Å². The third-order valence-electron chi connectivity index (χ3n) is 2.96. The monoisotopic (exact) mass is 196 g/mol. The fourth-order valence-electron chi connectivity index (χ4n) is 1.99. The summed E-state index contributed by atoms with van der Waals surface area (Å²) in [4.78, 5) is 0. The number of hydrogen-bond donors (Lipinski definition) is 0. The molecule has 2 atom stereocenters. The van der Waals surface area contributed by atoms with E-state index in [-0.39, 0.29) is 0 Å². The van der Waals surface area contributed by atoms with E-state index in [9.17, 15) is 0 Å². The van der Waals surface area contributed by atoms with Crippen LogP contribution in [0.4, 0.5) is 0 Å². The van der Waals surface area contributed by atoms with Crippen molar-refractivity contribution >= 4 is 0 Å². The molecule has 0 aliphatic rings. The molecule has 0 saturated carbocycles. The zero-order valence-electron chi connectivity index (χ0n) is 10.7. The van der Waals surface area contributed by atoms with Gasteiger partial charge in [-0.25, -0.2) is 0 Å². The highest BCUT2D eigenvalue weighted by atomic mass is 14.2. The van der Waals surface area contributed by atoms with Gasteiger partial charge < -0.3 is 0 Å². The van der Waals surface area contributed by atoms with Crippen LogP contribution < -0.4 is 0 Å². The van der Waals surface area contributed by atoms with Crippen LogP contribution in [0.25, 0.3) is 0 Å². The minimum atomic E-state index is 0.761. The van der Waals surface area contributed by atoms with Crippen LogP contribution in [0.3, 0.4) is 0 Å². The standard InChI is InChI=1S/C14H28/c1-6-8-13(5)11-14(7-2)10-9-12(3)4/h6,8,12-14H,7,9-11H2,1-5H3. The van der Waals surface area contributed by atoms with Crippen molar-refractivity contribution in [3.05, 3.63) is 12.2 Å². The van der Waals surface area contributed by atoms with E-state index in [0.29, 0.717) is 0 Å². The summed E-state index contributed by atoms with van der Waals surface area (Å²) in [5, 5.41) is 0. The van der Waals surface area contributed by atoms with Gasteiger partial charge in [0.15, 0.2) is 0 Å². The smallest absolute Gasteiger partial charge is 0.0259 e. The maximum absolute atomic E-state index is 2.33. The van der Waals surface area contributed by atoms with Gasteiger partial charge in [-0.15, -0.1) is 0 Å². The molecule has 0 spiro atoms. The van der Waals surface area contributed by atoms with Crippen molar-refractivity contribution in [1.29, 1.82) is 0 Å². The van der Waals surface area contributed by atoms with Crippen LogP contribution in [0.1, 0.15) is 60.3 Å². The molecule has 0 saturated heterocycles. The summed E-state index contributed by atoms with van der Waals surface area (Å²) < 4.78 is 0. The number of hydrogen-bond acceptors (Lipinski definition) is 0. The predicted octanol–water partition coefficient (Wildman–Crippen LogP) is 5.05. The molecule has 0 aliphatic heterocycles. The fourth-order valence-corrected chi connectivity index (χ4v) is 1.99. The zero-order valence-corrected chi connectivity index (χ0v) is 10.7. The van der Waals surface area contributed by atoms with E-state index < -0.39 is 0 Å². The molecule has 14 heavy (non-hydrogen) atoms. The molecule has 0 heteroatoms. The molecule has 0 aromatic carbocycles. The Hall–Kier alpha value is -0.260. The Morgan fingerprint density at radius 1 is 1.07 bits per heavy atom. The molecule has 0 nitrogen and oxygen atoms in total. The van der Waals surface area contributed by atoms with Crippen molar-refractivity contribution in [2.75, 3.05) is 0 Å². The number of rotatable bonds is 7. The highest BCUT2D eigenvalue weighted by Crippen LogP contribution is 2.23. The van der Waals surface area contributed by atoms with Crippen molar-refractivity contribution < 1.29 is 0 Å². The second-order valence-electron chi connectivity index (χ2n) is 4.98. The third-order valence-corrected chi connectivity index (χ3v) is 2.96. The van der Waals surface area contributed by atoms with Gasteiger partial charge in [0.05, 0.1) is 0 Å². The second-order valence-corrected chi connectivity index (χ2v) is 4.98. The summed E-state index contributed by atoms with van der Waals surface area (Å²) in [7, 11) is 0. The minimum absolute atomic E-state index is 0.761. The molecule has 0 fully saturated rings. The Kier molecular flexibility index (Phi) is 7.93. The summed E-state index contributed by atoms with van der Waals surface area (Å²) in [6, 6.07) is 0. The molecular formula is C14H28. The van der Waals surface area contributed by atoms with E-state index >= 15 is 0 Å². The first-order chi connectivity index (χ1) is 6.60. The summed E-state index contributed by atoms with van der Waals surface area (Å²) in [6.07, 6.45) is 10.0. The van der Waals surface area contributed by atoms with E-state index in [1.165, 1.54) is 25.7 Å². The van der Waals surface area contributed by atoms with Crippen molar-refractivity contribution in [2.24, 2.45) is 17.8 Å². The van der Waals surface area contributed by atoms with E-state index in [2.05, 4.69) is 46.8 Å². The average molecular weight is 196 g/mol. The predicted molar refractivity (Wildman–Crippen MR) is 66.4 cm³/mol. The first-order valence-electron chi connectivity index (χ1n) is 6.22. The van der Waals surface area contributed by atoms with Gasteiger partial charge in [-0.3, -0.25) is 0 Å². The largest absolute Gasteiger partial charge is 0.0914 e. The van der Waals surface area contributed by atoms with Crippen LogP contribution in [0.2, 0.25) is 0 Å². The molecule has 2 unspecified atom stereocenters. The number of allylic oxidation sites excluding steroid dienone is 2. The van der Waals surface area contributed by atoms with Crippen molar-refractivity contribution in [3.63, 3.8) is 0 Å². The maximum Gasteiger partial charge on any atom is -0.0259 e. The average Bonchev–Trinajstić information content (AvgIpc) is 2.12. The molecule has 0 heterocycles. The van der Waals surface area contributed by atoms with Gasteiger partial charge in [-0.05, 0) is 31.1 Å². The highest BCUT2D eigenvalue weighted by molar-refractivity contribution is 4.84. The summed E-state index contributed by atoms with van der Waals surface area (Å²) in [5.41, 5.74) is 0. The molecule has 0 aromatic heterocycles. The molecule has 0 bridgehead atoms. The molecule has 84 valence electrons. The molecule has 0 rings (SSSR count). The van der Waals surface area contributed by atoms with E-state index in [4.69, 9.17) is 0 Å². The van der Waals surface area contributed by atoms with Gasteiger partial charge in [0.2, 0.25) is 0 Å². The maximum atomic E-state index is 2.33. The van der Waals surface area contributed by atoms with Crippen LogP contribution in [0.15, 0.2) is 12.2 Å². The minimum Gasteiger partial charge on any atom is -0.0914 e. The Balaban J connectivity index is 3.78. The second kappa shape index (κ2) is 8.08. The lowest BCUT2D eigenvalue weighted by Gasteiger charge is -2.18. The summed E-state index contributed by atoms with van der Waals surface area (Å²) >= 11 is 0. The van der Waals surface area contributed by atoms with E-state index in [0.717, 1.165) is 17.8 Å². The van der Waals surface area contributed by atoms with Crippen molar-refractivity contribution in [3.8, 4) is 0 Å². The van der Waals surface area contributed by atoms with Gasteiger partial charge in [-0.2, -0.15) is 0 Å². The molecule has 0 aromatic rings.